The maximum atomic E-state index is 12.5. The molecule has 0 fully saturated rings. The third-order valence-electron chi connectivity index (χ3n) is 4.28. The lowest BCUT2D eigenvalue weighted by molar-refractivity contribution is 0.0470. The lowest BCUT2D eigenvalue weighted by Gasteiger charge is -2.09. The molecule has 0 amide bonds. The lowest BCUT2D eigenvalue weighted by atomic mass is 10.1. The zero-order chi connectivity index (χ0) is 18.8. The van der Waals surface area contributed by atoms with Gasteiger partial charge in [0.15, 0.2) is 5.76 Å². The monoisotopic (exact) mass is 355 g/mol. The number of hydrogen-bond acceptors (Lipinski definition) is 6. The van der Waals surface area contributed by atoms with Gasteiger partial charge in [0, 0.05) is 22.9 Å². The Kier molecular flexibility index (Phi) is 4.93. The van der Waals surface area contributed by atoms with Gasteiger partial charge < -0.3 is 13.7 Å². The van der Waals surface area contributed by atoms with Gasteiger partial charge in [0.1, 0.15) is 17.8 Å². The van der Waals surface area contributed by atoms with Crippen LogP contribution in [-0.4, -0.2) is 11.1 Å². The van der Waals surface area contributed by atoms with Gasteiger partial charge in [0.2, 0.25) is 0 Å². The van der Waals surface area contributed by atoms with Gasteiger partial charge in [-0.3, -0.25) is 0 Å². The average Bonchev–Trinajstić information content (AvgIpc) is 3.00. The molecule has 0 unspecified atom stereocenters. The number of nitrogens with zero attached hydrogens (tertiary/aromatic N) is 1. The smallest absolute Gasteiger partial charge is 0.344 e. The third-order valence-corrected chi connectivity index (χ3v) is 4.28. The highest BCUT2D eigenvalue weighted by molar-refractivity contribution is 5.92. The number of carbonyl (C=O) groups is 1. The van der Waals surface area contributed by atoms with E-state index < -0.39 is 11.6 Å². The fraction of sp³-hybridized carbons (Fsp3) is 0.350. The molecule has 2 aromatic heterocycles. The minimum Gasteiger partial charge on any atom is -0.457 e. The Morgan fingerprint density at radius 2 is 2.04 bits per heavy atom. The fourth-order valence-corrected chi connectivity index (χ4v) is 2.86. The van der Waals surface area contributed by atoms with E-state index in [4.69, 9.17) is 13.7 Å². The normalized spacial score (nSPS) is 11.3. The molecule has 6 heteroatoms. The molecule has 1 aromatic carbocycles. The molecule has 0 saturated heterocycles. The molecule has 2 heterocycles. The highest BCUT2D eigenvalue weighted by Crippen LogP contribution is 2.24. The molecule has 136 valence electrons. The minimum atomic E-state index is -0.515. The topological polar surface area (TPSA) is 82.5 Å². The van der Waals surface area contributed by atoms with Crippen molar-refractivity contribution in [3.63, 3.8) is 0 Å². The standard InChI is InChI=1S/C20H21NO5/c1-5-13-6-7-15-14(9-17(22)25-16(15)8-13)10-24-20(23)18-12(4)21-26-19(18)11(2)3/h6-9,11H,5,10H2,1-4H3. The van der Waals surface area contributed by atoms with E-state index >= 15 is 0 Å². The molecule has 0 aliphatic rings. The Morgan fingerprint density at radius 1 is 1.27 bits per heavy atom. The van der Waals surface area contributed by atoms with Crippen molar-refractivity contribution in [2.75, 3.05) is 0 Å². The van der Waals surface area contributed by atoms with Gasteiger partial charge >= 0.3 is 11.6 Å². The molecule has 0 aliphatic heterocycles. The summed E-state index contributed by atoms with van der Waals surface area (Å²) < 4.78 is 15.9. The number of hydrogen-bond donors (Lipinski definition) is 0. The van der Waals surface area contributed by atoms with E-state index in [1.54, 1.807) is 6.92 Å². The zero-order valence-corrected chi connectivity index (χ0v) is 15.3. The van der Waals surface area contributed by atoms with Crippen LogP contribution < -0.4 is 5.63 Å². The number of rotatable bonds is 5. The molecular weight excluding hydrogens is 334 g/mol. The second kappa shape index (κ2) is 7.15. The van der Waals surface area contributed by atoms with Crippen LogP contribution in [-0.2, 0) is 17.8 Å². The quantitative estimate of drug-likeness (QED) is 0.505. The SMILES string of the molecule is CCc1ccc2c(COC(=O)c3c(C)noc3C(C)C)cc(=O)oc2c1. The first-order valence-corrected chi connectivity index (χ1v) is 8.59. The summed E-state index contributed by atoms with van der Waals surface area (Å²) in [5, 5.41) is 4.61. The predicted octanol–water partition coefficient (Wildman–Crippen LogP) is 4.13. The summed E-state index contributed by atoms with van der Waals surface area (Å²) >= 11 is 0. The summed E-state index contributed by atoms with van der Waals surface area (Å²) in [5.74, 6) is -0.00708. The van der Waals surface area contributed by atoms with Gasteiger partial charge in [-0.25, -0.2) is 9.59 Å². The molecular formula is C20H21NO5. The Balaban J connectivity index is 1.89. The maximum Gasteiger partial charge on any atom is 0.344 e. The van der Waals surface area contributed by atoms with Crippen LogP contribution >= 0.6 is 0 Å². The van der Waals surface area contributed by atoms with Crippen LogP contribution in [0.4, 0.5) is 0 Å². The van der Waals surface area contributed by atoms with Crippen molar-refractivity contribution >= 4 is 16.9 Å². The molecule has 0 N–H and O–H groups in total. The number of aromatic nitrogens is 1. The van der Waals surface area contributed by atoms with Crippen LogP contribution in [0.3, 0.4) is 0 Å². The van der Waals surface area contributed by atoms with E-state index in [2.05, 4.69) is 5.16 Å². The second-order valence-electron chi connectivity index (χ2n) is 6.51. The largest absolute Gasteiger partial charge is 0.457 e. The van der Waals surface area contributed by atoms with Crippen molar-refractivity contribution in [2.45, 2.75) is 46.6 Å². The minimum absolute atomic E-state index is 0.0100. The molecule has 3 aromatic rings. The second-order valence-corrected chi connectivity index (χ2v) is 6.51. The van der Waals surface area contributed by atoms with Crippen molar-refractivity contribution in [1.29, 1.82) is 0 Å². The van der Waals surface area contributed by atoms with Gasteiger partial charge in [-0.1, -0.05) is 38.1 Å². The predicted molar refractivity (Wildman–Crippen MR) is 96.3 cm³/mol. The highest BCUT2D eigenvalue weighted by Gasteiger charge is 2.24. The van der Waals surface area contributed by atoms with Crippen LogP contribution in [0.15, 0.2) is 38.0 Å². The Labute approximate surface area is 150 Å². The molecule has 3 rings (SSSR count). The van der Waals surface area contributed by atoms with E-state index in [1.165, 1.54) is 6.07 Å². The summed E-state index contributed by atoms with van der Waals surface area (Å²) in [7, 11) is 0. The van der Waals surface area contributed by atoms with Crippen LogP contribution in [0, 0.1) is 6.92 Å². The summed E-state index contributed by atoms with van der Waals surface area (Å²) in [6.45, 7) is 7.52. The number of carbonyl (C=O) groups excluding carboxylic acids is 1. The van der Waals surface area contributed by atoms with Gasteiger partial charge in [-0.15, -0.1) is 0 Å². The molecule has 0 saturated carbocycles. The van der Waals surface area contributed by atoms with Crippen molar-refractivity contribution < 1.29 is 18.5 Å². The van der Waals surface area contributed by atoms with Gasteiger partial charge in [0.25, 0.3) is 0 Å². The summed E-state index contributed by atoms with van der Waals surface area (Å²) in [6, 6.07) is 7.03. The maximum absolute atomic E-state index is 12.5. The molecule has 0 spiro atoms. The molecule has 0 aliphatic carbocycles. The van der Waals surface area contributed by atoms with E-state index in [0.29, 0.717) is 28.2 Å². The molecule has 0 atom stereocenters. The Bertz CT molecular complexity index is 1010. The van der Waals surface area contributed by atoms with E-state index in [9.17, 15) is 9.59 Å². The van der Waals surface area contributed by atoms with Crippen LogP contribution in [0.25, 0.3) is 11.0 Å². The number of fused-ring (bicyclic) bond motifs is 1. The Hall–Kier alpha value is -2.89. The first-order chi connectivity index (χ1) is 12.4. The molecule has 26 heavy (non-hydrogen) atoms. The summed E-state index contributed by atoms with van der Waals surface area (Å²) in [5.41, 5.74) is 2.53. The van der Waals surface area contributed by atoms with E-state index in [-0.39, 0.29) is 12.5 Å². The average molecular weight is 355 g/mol. The fourth-order valence-electron chi connectivity index (χ4n) is 2.86. The van der Waals surface area contributed by atoms with Crippen LogP contribution in [0.1, 0.15) is 59.6 Å². The number of ether oxygens (including phenoxy) is 1. The third kappa shape index (κ3) is 3.40. The first-order valence-electron chi connectivity index (χ1n) is 8.59. The molecule has 6 nitrogen and oxygen atoms in total. The number of benzene rings is 1. The van der Waals surface area contributed by atoms with Crippen molar-refractivity contribution in [1.82, 2.24) is 5.16 Å². The molecule has 0 bridgehead atoms. The van der Waals surface area contributed by atoms with Crippen molar-refractivity contribution in [2.24, 2.45) is 0 Å². The Morgan fingerprint density at radius 3 is 2.73 bits per heavy atom. The lowest BCUT2D eigenvalue weighted by Crippen LogP contribution is -2.10. The van der Waals surface area contributed by atoms with Gasteiger partial charge in [-0.2, -0.15) is 0 Å². The number of aryl methyl sites for hydroxylation is 2. The van der Waals surface area contributed by atoms with Gasteiger partial charge in [0.05, 0.1) is 5.69 Å². The van der Waals surface area contributed by atoms with E-state index in [0.717, 1.165) is 17.4 Å². The first kappa shape index (κ1) is 17.9. The summed E-state index contributed by atoms with van der Waals surface area (Å²) in [6.07, 6.45) is 0.837. The summed E-state index contributed by atoms with van der Waals surface area (Å²) in [4.78, 5) is 24.4. The highest BCUT2D eigenvalue weighted by atomic mass is 16.5. The van der Waals surface area contributed by atoms with E-state index in [1.807, 2.05) is 39.0 Å². The van der Waals surface area contributed by atoms with Crippen molar-refractivity contribution in [3.8, 4) is 0 Å². The van der Waals surface area contributed by atoms with Crippen molar-refractivity contribution in [3.05, 3.63) is 62.8 Å². The molecule has 0 radical (unpaired) electrons. The van der Waals surface area contributed by atoms with Crippen LogP contribution in [0.5, 0.6) is 0 Å². The van der Waals surface area contributed by atoms with Crippen LogP contribution in [0.2, 0.25) is 0 Å². The zero-order valence-electron chi connectivity index (χ0n) is 15.3. The number of esters is 1. The van der Waals surface area contributed by atoms with Gasteiger partial charge in [-0.05, 0) is 25.0 Å².